The van der Waals surface area contributed by atoms with Crippen LogP contribution in [0.4, 0.5) is 10.2 Å². The third kappa shape index (κ3) is 5.75. The Morgan fingerprint density at radius 3 is 2.52 bits per heavy atom. The van der Waals surface area contributed by atoms with Crippen LogP contribution in [-0.4, -0.2) is 34.3 Å². The van der Waals surface area contributed by atoms with Gasteiger partial charge in [-0.1, -0.05) is 52.1 Å². The molecule has 0 aliphatic carbocycles. The van der Waals surface area contributed by atoms with Crippen LogP contribution in [0, 0.1) is 0 Å². The summed E-state index contributed by atoms with van der Waals surface area (Å²) in [6.07, 6.45) is 2.22. The maximum Gasteiger partial charge on any atom is 0.337 e. The maximum atomic E-state index is 15.0. The zero-order chi connectivity index (χ0) is 28.6. The number of aromatic nitrogens is 2. The van der Waals surface area contributed by atoms with Crippen molar-refractivity contribution < 1.29 is 23.6 Å². The number of aromatic carboxylic acids is 1. The van der Waals surface area contributed by atoms with Gasteiger partial charge in [-0.25, -0.2) is 14.2 Å². The SMILES string of the molecule is CC(C)(F)c1onc(-c2c(Cl)cccc2Cl)c1COc1ccc(C2CCN(c3ccc(C(=O)O)cn3)C2)c(Cl)c1. The fraction of sp³-hybridized carbons (Fsp3) is 0.276. The number of ether oxygens (including phenoxy) is 1. The lowest BCUT2D eigenvalue weighted by molar-refractivity contribution is 0.0696. The molecule has 3 heterocycles. The van der Waals surface area contributed by atoms with Crippen LogP contribution >= 0.6 is 34.8 Å². The summed E-state index contributed by atoms with van der Waals surface area (Å²) >= 11 is 19.5. The van der Waals surface area contributed by atoms with Gasteiger partial charge in [0.1, 0.15) is 23.9 Å². The molecule has 0 saturated carbocycles. The quantitative estimate of drug-likeness (QED) is 0.217. The van der Waals surface area contributed by atoms with Gasteiger partial charge in [0.05, 0.1) is 21.2 Å². The van der Waals surface area contributed by atoms with E-state index in [0.717, 1.165) is 24.3 Å². The van der Waals surface area contributed by atoms with Gasteiger partial charge in [0.2, 0.25) is 0 Å². The molecule has 208 valence electrons. The van der Waals surface area contributed by atoms with Crippen molar-refractivity contribution in [3.8, 4) is 17.0 Å². The number of benzene rings is 2. The van der Waals surface area contributed by atoms with E-state index in [4.69, 9.17) is 49.2 Å². The van der Waals surface area contributed by atoms with Crippen molar-refractivity contribution in [1.29, 1.82) is 0 Å². The van der Waals surface area contributed by atoms with Crippen molar-refractivity contribution in [2.24, 2.45) is 0 Å². The topological polar surface area (TPSA) is 88.7 Å². The molecule has 2 aromatic carbocycles. The van der Waals surface area contributed by atoms with E-state index in [-0.39, 0.29) is 23.8 Å². The van der Waals surface area contributed by atoms with Gasteiger partial charge in [-0.2, -0.15) is 0 Å². The zero-order valence-corrected chi connectivity index (χ0v) is 23.9. The van der Waals surface area contributed by atoms with Crippen LogP contribution in [0.25, 0.3) is 11.3 Å². The molecule has 1 N–H and O–H groups in total. The number of nitrogens with zero attached hydrogens (tertiary/aromatic N) is 3. The average Bonchev–Trinajstić information content (AvgIpc) is 3.55. The van der Waals surface area contributed by atoms with Crippen LogP contribution in [0.15, 0.2) is 59.3 Å². The monoisotopic (exact) mass is 603 g/mol. The molecule has 0 amide bonds. The fourth-order valence-electron chi connectivity index (χ4n) is 4.84. The molecule has 1 saturated heterocycles. The van der Waals surface area contributed by atoms with E-state index in [9.17, 15) is 4.79 Å². The van der Waals surface area contributed by atoms with Crippen molar-refractivity contribution in [1.82, 2.24) is 10.1 Å². The molecule has 4 aromatic rings. The van der Waals surface area contributed by atoms with Crippen molar-refractivity contribution in [3.05, 3.63) is 92.2 Å². The average molecular weight is 605 g/mol. The summed E-state index contributed by atoms with van der Waals surface area (Å²) in [6.45, 7) is 4.16. The highest BCUT2D eigenvalue weighted by Crippen LogP contribution is 2.41. The molecule has 1 fully saturated rings. The summed E-state index contributed by atoms with van der Waals surface area (Å²) < 4.78 is 26.5. The molecule has 0 bridgehead atoms. The van der Waals surface area contributed by atoms with Gasteiger partial charge in [0, 0.05) is 35.8 Å². The summed E-state index contributed by atoms with van der Waals surface area (Å²) in [5.41, 5.74) is 0.447. The van der Waals surface area contributed by atoms with Crippen LogP contribution in [0.2, 0.25) is 15.1 Å². The van der Waals surface area contributed by atoms with E-state index >= 15 is 4.39 Å². The number of halogens is 4. The first-order valence-corrected chi connectivity index (χ1v) is 13.6. The molecule has 1 atom stereocenters. The van der Waals surface area contributed by atoms with Gasteiger partial charge in [0.25, 0.3) is 0 Å². The number of rotatable bonds is 8. The normalized spacial score (nSPS) is 15.4. The predicted octanol–water partition coefficient (Wildman–Crippen LogP) is 8.17. The molecule has 1 aliphatic heterocycles. The summed E-state index contributed by atoms with van der Waals surface area (Å²) in [5.74, 6) is 0.392. The maximum absolute atomic E-state index is 15.0. The molecule has 1 aliphatic rings. The molecular weight excluding hydrogens is 580 g/mol. The lowest BCUT2D eigenvalue weighted by Gasteiger charge is -2.18. The molecule has 40 heavy (non-hydrogen) atoms. The number of carboxylic acids is 1. The molecule has 7 nitrogen and oxygen atoms in total. The Balaban J connectivity index is 1.33. The second-order valence-corrected chi connectivity index (χ2v) is 11.2. The second kappa shape index (κ2) is 11.3. The number of hydrogen-bond acceptors (Lipinski definition) is 6. The van der Waals surface area contributed by atoms with E-state index in [2.05, 4.69) is 15.0 Å². The van der Waals surface area contributed by atoms with Crippen LogP contribution in [0.1, 0.15) is 53.4 Å². The minimum absolute atomic E-state index is 0.0252. The predicted molar refractivity (Wildman–Crippen MR) is 153 cm³/mol. The standard InChI is InChI=1S/C29H25Cl3FN3O4/c1-29(2,33)27-20(26(35-40-27)25-21(30)4-3-5-22(25)31)15-39-18-7-8-19(23(32)12-18)17-10-11-36(14-17)24-9-6-16(13-34-24)28(37)38/h3-9,12-13,17H,10-11,14-15H2,1-2H3,(H,37,38). The second-order valence-electron chi connectivity index (χ2n) is 10.0. The van der Waals surface area contributed by atoms with Crippen molar-refractivity contribution in [2.75, 3.05) is 18.0 Å². The molecule has 0 spiro atoms. The molecule has 2 aromatic heterocycles. The van der Waals surface area contributed by atoms with Crippen LogP contribution in [-0.2, 0) is 12.3 Å². The van der Waals surface area contributed by atoms with Crippen LogP contribution in [0.5, 0.6) is 5.75 Å². The first-order valence-electron chi connectivity index (χ1n) is 12.5. The summed E-state index contributed by atoms with van der Waals surface area (Å²) in [5, 5.41) is 14.4. The minimum atomic E-state index is -1.82. The molecule has 0 radical (unpaired) electrons. The fourth-order valence-corrected chi connectivity index (χ4v) is 5.74. The highest BCUT2D eigenvalue weighted by molar-refractivity contribution is 6.39. The zero-order valence-electron chi connectivity index (χ0n) is 21.6. The molecular formula is C29H25Cl3FN3O4. The number of hydrogen-bond donors (Lipinski definition) is 1. The first-order chi connectivity index (χ1) is 19.0. The minimum Gasteiger partial charge on any atom is -0.489 e. The number of anilines is 1. The third-order valence-electron chi connectivity index (χ3n) is 6.83. The van der Waals surface area contributed by atoms with Crippen LogP contribution in [0.3, 0.4) is 0 Å². The van der Waals surface area contributed by atoms with Gasteiger partial charge in [-0.05, 0) is 62.2 Å². The number of carbonyl (C=O) groups is 1. The summed E-state index contributed by atoms with van der Waals surface area (Å²) in [6, 6.07) is 13.8. The van der Waals surface area contributed by atoms with E-state index in [1.807, 2.05) is 12.1 Å². The Morgan fingerprint density at radius 1 is 1.15 bits per heavy atom. The Bertz CT molecular complexity index is 1530. The van der Waals surface area contributed by atoms with Gasteiger partial charge in [-0.15, -0.1) is 0 Å². The summed E-state index contributed by atoms with van der Waals surface area (Å²) in [4.78, 5) is 17.5. The largest absolute Gasteiger partial charge is 0.489 e. The number of alkyl halides is 1. The smallest absolute Gasteiger partial charge is 0.337 e. The molecule has 1 unspecified atom stereocenters. The Labute approximate surface area is 245 Å². The van der Waals surface area contributed by atoms with Gasteiger partial charge in [0.15, 0.2) is 11.4 Å². The number of pyridine rings is 1. The van der Waals surface area contributed by atoms with Crippen LogP contribution < -0.4 is 9.64 Å². The molecule has 5 rings (SSSR count). The van der Waals surface area contributed by atoms with E-state index in [1.165, 1.54) is 20.0 Å². The van der Waals surface area contributed by atoms with E-state index < -0.39 is 11.6 Å². The van der Waals surface area contributed by atoms with Crippen molar-refractivity contribution >= 4 is 46.6 Å². The first kappa shape index (κ1) is 28.2. The van der Waals surface area contributed by atoms with E-state index in [1.54, 1.807) is 36.4 Å². The molecule has 11 heteroatoms. The third-order valence-corrected chi connectivity index (χ3v) is 7.79. The van der Waals surface area contributed by atoms with Gasteiger partial charge in [-0.3, -0.25) is 0 Å². The Morgan fingerprint density at radius 2 is 1.90 bits per heavy atom. The highest BCUT2D eigenvalue weighted by atomic mass is 35.5. The highest BCUT2D eigenvalue weighted by Gasteiger charge is 2.33. The number of carboxylic acid groups (broad SMARTS) is 1. The lowest BCUT2D eigenvalue weighted by Crippen LogP contribution is -2.20. The Hall–Kier alpha value is -3.33. The van der Waals surface area contributed by atoms with Crippen molar-refractivity contribution in [2.45, 2.75) is 38.5 Å². The lowest BCUT2D eigenvalue weighted by atomic mass is 9.98. The Kier molecular flexibility index (Phi) is 7.95. The van der Waals surface area contributed by atoms with Gasteiger partial charge >= 0.3 is 5.97 Å². The van der Waals surface area contributed by atoms with Crippen molar-refractivity contribution in [3.63, 3.8) is 0 Å². The van der Waals surface area contributed by atoms with Gasteiger partial charge < -0.3 is 19.3 Å². The summed E-state index contributed by atoms with van der Waals surface area (Å²) in [7, 11) is 0. The van der Waals surface area contributed by atoms with E-state index in [0.29, 0.717) is 44.2 Å².